The van der Waals surface area contributed by atoms with Gasteiger partial charge >= 0.3 is 0 Å². The first-order valence-corrected chi connectivity index (χ1v) is 8.05. The van der Waals surface area contributed by atoms with Gasteiger partial charge in [0.1, 0.15) is 0 Å². The Balaban J connectivity index is 2.55. The molecule has 0 saturated carbocycles. The summed E-state index contributed by atoms with van der Waals surface area (Å²) in [6.07, 6.45) is -1.42. The molecule has 8 nitrogen and oxygen atoms in total. The third-order valence-corrected chi connectivity index (χ3v) is 5.28. The number of rotatable bonds is 7. The Morgan fingerprint density at radius 3 is 2.86 bits per heavy atom. The molecule has 0 aromatic carbocycles. The van der Waals surface area contributed by atoms with E-state index in [9.17, 15) is 17.2 Å². The fourth-order valence-electron chi connectivity index (χ4n) is 1.80. The van der Waals surface area contributed by atoms with E-state index < -0.39 is 36.1 Å². The van der Waals surface area contributed by atoms with E-state index in [0.717, 1.165) is 0 Å². The van der Waals surface area contributed by atoms with Crippen molar-refractivity contribution in [3.05, 3.63) is 11.6 Å². The normalized spacial score (nSPS) is 12.7. The number of anilines is 1. The van der Waals surface area contributed by atoms with Gasteiger partial charge in [-0.1, -0.05) is 0 Å². The Labute approximate surface area is 122 Å². The topological polar surface area (TPSA) is 113 Å². The maximum absolute atomic E-state index is 12.6. The van der Waals surface area contributed by atoms with Crippen LogP contribution in [0.5, 0.6) is 0 Å². The van der Waals surface area contributed by atoms with E-state index in [2.05, 4.69) is 10.4 Å². The van der Waals surface area contributed by atoms with Crippen LogP contribution in [0.4, 0.5) is 14.6 Å². The number of nitrogen functional groups attached to an aromatic ring is 1. The first-order chi connectivity index (χ1) is 9.91. The summed E-state index contributed by atoms with van der Waals surface area (Å²) in [5, 5.41) is 10.2. The summed E-state index contributed by atoms with van der Waals surface area (Å²) >= 11 is 1.17. The highest BCUT2D eigenvalue weighted by Gasteiger charge is 2.33. The van der Waals surface area contributed by atoms with Gasteiger partial charge in [0.15, 0.2) is 10.8 Å². The minimum absolute atomic E-state index is 0.140. The molecule has 2 aromatic heterocycles. The molecular formula is C9H13F2N5O3S2. The molecule has 12 heteroatoms. The second-order valence-corrected chi connectivity index (χ2v) is 6.67. The number of hydrogen-bond acceptors (Lipinski definition) is 7. The van der Waals surface area contributed by atoms with Gasteiger partial charge in [0.25, 0.3) is 16.4 Å². The average molecular weight is 341 g/mol. The van der Waals surface area contributed by atoms with Crippen molar-refractivity contribution in [3.8, 4) is 0 Å². The second-order valence-electron chi connectivity index (χ2n) is 3.94. The fourth-order valence-corrected chi connectivity index (χ4v) is 4.19. The van der Waals surface area contributed by atoms with Crippen LogP contribution < -0.4 is 11.3 Å². The SMILES string of the molecule is NNc1nc2sccn2c1S(=O)(=O)N(CCO)CC(F)F. The molecule has 2 rings (SSSR count). The number of alkyl halides is 2. The van der Waals surface area contributed by atoms with Gasteiger partial charge in [0.2, 0.25) is 5.03 Å². The molecule has 2 heterocycles. The Hall–Kier alpha value is -1.34. The zero-order chi connectivity index (χ0) is 15.6. The van der Waals surface area contributed by atoms with Gasteiger partial charge in [0.05, 0.1) is 13.2 Å². The molecule has 21 heavy (non-hydrogen) atoms. The van der Waals surface area contributed by atoms with Crippen LogP contribution in [0.1, 0.15) is 0 Å². The van der Waals surface area contributed by atoms with Crippen LogP contribution in [0, 0.1) is 0 Å². The van der Waals surface area contributed by atoms with Gasteiger partial charge in [-0.15, -0.1) is 11.3 Å². The highest BCUT2D eigenvalue weighted by molar-refractivity contribution is 7.89. The van der Waals surface area contributed by atoms with Crippen LogP contribution in [0.15, 0.2) is 16.6 Å². The minimum atomic E-state index is -4.30. The van der Waals surface area contributed by atoms with Gasteiger partial charge in [0, 0.05) is 18.1 Å². The van der Waals surface area contributed by atoms with E-state index in [1.807, 2.05) is 0 Å². The summed E-state index contributed by atoms with van der Waals surface area (Å²) in [6, 6.07) is 0. The number of hydrogen-bond donors (Lipinski definition) is 3. The third kappa shape index (κ3) is 2.98. The van der Waals surface area contributed by atoms with Crippen molar-refractivity contribution in [1.29, 1.82) is 0 Å². The van der Waals surface area contributed by atoms with Crippen molar-refractivity contribution in [2.45, 2.75) is 11.5 Å². The number of aromatic nitrogens is 2. The van der Waals surface area contributed by atoms with Gasteiger partial charge in [-0.05, 0) is 0 Å². The number of sulfonamides is 1. The summed E-state index contributed by atoms with van der Waals surface area (Å²) in [4.78, 5) is 4.32. The number of imidazole rings is 1. The molecule has 0 aliphatic heterocycles. The van der Waals surface area contributed by atoms with Crippen molar-refractivity contribution < 1.29 is 22.3 Å². The first-order valence-electron chi connectivity index (χ1n) is 5.73. The molecule has 0 unspecified atom stereocenters. The minimum Gasteiger partial charge on any atom is -0.395 e. The number of hydrazine groups is 1. The lowest BCUT2D eigenvalue weighted by molar-refractivity contribution is 0.113. The van der Waals surface area contributed by atoms with Crippen LogP contribution in [0.3, 0.4) is 0 Å². The van der Waals surface area contributed by atoms with Gasteiger partial charge < -0.3 is 10.5 Å². The van der Waals surface area contributed by atoms with E-state index in [4.69, 9.17) is 10.9 Å². The van der Waals surface area contributed by atoms with E-state index in [1.165, 1.54) is 21.9 Å². The smallest absolute Gasteiger partial charge is 0.263 e. The largest absolute Gasteiger partial charge is 0.395 e. The summed E-state index contributed by atoms with van der Waals surface area (Å²) in [6.45, 7) is -2.05. The van der Waals surface area contributed by atoms with Crippen molar-refractivity contribution in [1.82, 2.24) is 13.7 Å². The molecule has 118 valence electrons. The number of aliphatic hydroxyl groups is 1. The molecule has 0 fully saturated rings. The number of fused-ring (bicyclic) bond motifs is 1. The van der Waals surface area contributed by atoms with E-state index >= 15 is 0 Å². The summed E-state index contributed by atoms with van der Waals surface area (Å²) in [5.41, 5.74) is 2.15. The Kier molecular flexibility index (Phi) is 4.73. The Morgan fingerprint density at radius 1 is 1.57 bits per heavy atom. The van der Waals surface area contributed by atoms with E-state index in [0.29, 0.717) is 9.27 Å². The quantitative estimate of drug-likeness (QED) is 0.480. The Bertz CT molecular complexity index is 714. The highest BCUT2D eigenvalue weighted by atomic mass is 32.2. The van der Waals surface area contributed by atoms with E-state index in [-0.39, 0.29) is 10.8 Å². The number of thiazole rings is 1. The predicted octanol–water partition coefficient (Wildman–Crippen LogP) is -0.0705. The number of halogens is 2. The molecule has 4 N–H and O–H groups in total. The van der Waals surface area contributed by atoms with Gasteiger partial charge in [-0.25, -0.2) is 23.0 Å². The van der Waals surface area contributed by atoms with Crippen LogP contribution >= 0.6 is 11.3 Å². The zero-order valence-corrected chi connectivity index (χ0v) is 12.2. The lowest BCUT2D eigenvalue weighted by Crippen LogP contribution is -2.38. The number of nitrogens with two attached hydrogens (primary N) is 1. The summed E-state index contributed by atoms with van der Waals surface area (Å²) in [7, 11) is -4.30. The van der Waals surface area contributed by atoms with Crippen molar-refractivity contribution in [2.24, 2.45) is 5.84 Å². The Morgan fingerprint density at radius 2 is 2.29 bits per heavy atom. The lowest BCUT2D eigenvalue weighted by atomic mass is 10.6. The number of aliphatic hydroxyl groups excluding tert-OH is 1. The molecule has 0 aliphatic rings. The number of nitrogens with one attached hydrogen (secondary N) is 1. The van der Waals surface area contributed by atoms with Crippen molar-refractivity contribution in [3.63, 3.8) is 0 Å². The van der Waals surface area contributed by atoms with Crippen LogP contribution in [0.25, 0.3) is 4.96 Å². The fraction of sp³-hybridized carbons (Fsp3) is 0.444. The first kappa shape index (κ1) is 16.0. The van der Waals surface area contributed by atoms with Crippen LogP contribution in [0.2, 0.25) is 0 Å². The number of nitrogens with zero attached hydrogens (tertiary/aromatic N) is 3. The zero-order valence-electron chi connectivity index (χ0n) is 10.6. The molecule has 2 aromatic rings. The van der Waals surface area contributed by atoms with Gasteiger partial charge in [-0.3, -0.25) is 4.40 Å². The van der Waals surface area contributed by atoms with Crippen molar-refractivity contribution in [2.75, 3.05) is 25.1 Å². The van der Waals surface area contributed by atoms with Crippen LogP contribution in [-0.4, -0.2) is 53.3 Å². The molecule has 0 spiro atoms. The third-order valence-electron chi connectivity index (χ3n) is 2.63. The maximum atomic E-state index is 12.6. The maximum Gasteiger partial charge on any atom is 0.263 e. The lowest BCUT2D eigenvalue weighted by Gasteiger charge is -2.20. The summed E-state index contributed by atoms with van der Waals surface area (Å²) in [5.74, 6) is 5.10. The second kappa shape index (κ2) is 6.19. The van der Waals surface area contributed by atoms with E-state index in [1.54, 1.807) is 5.38 Å². The molecule has 0 bridgehead atoms. The molecule has 0 amide bonds. The van der Waals surface area contributed by atoms with Crippen LogP contribution in [-0.2, 0) is 10.0 Å². The van der Waals surface area contributed by atoms with Gasteiger partial charge in [-0.2, -0.15) is 9.29 Å². The summed E-state index contributed by atoms with van der Waals surface area (Å²) < 4.78 is 52.0. The standard InChI is InChI=1S/C9H13F2N5O3S2/c10-6(11)5-15(1-3-17)21(18,19)8-7(14-12)13-9-16(8)2-4-20-9/h2,4,6,14,17H,1,3,5,12H2. The molecule has 0 saturated heterocycles. The molecule has 0 aliphatic carbocycles. The monoisotopic (exact) mass is 341 g/mol. The molecule has 0 atom stereocenters. The highest BCUT2D eigenvalue weighted by Crippen LogP contribution is 2.27. The average Bonchev–Trinajstić information content (AvgIpc) is 2.96. The predicted molar refractivity (Wildman–Crippen MR) is 72.7 cm³/mol. The molecule has 0 radical (unpaired) electrons. The molecular weight excluding hydrogens is 328 g/mol. The van der Waals surface area contributed by atoms with Crippen molar-refractivity contribution >= 4 is 32.1 Å².